The van der Waals surface area contributed by atoms with Crippen molar-refractivity contribution in [2.45, 2.75) is 9.79 Å². The molecule has 8 aromatic rings. The van der Waals surface area contributed by atoms with E-state index in [1.165, 1.54) is 14.1 Å². The van der Waals surface area contributed by atoms with E-state index in [0.717, 1.165) is 26.6 Å². The van der Waals surface area contributed by atoms with Crippen molar-refractivity contribution in [2.75, 3.05) is 14.1 Å². The number of sulfonamides is 1. The molecule has 0 saturated heterocycles. The average Bonchev–Trinajstić information content (AvgIpc) is 3.20. The molecule has 0 aliphatic heterocycles. The minimum Gasteiger partial charge on any atom is -0.744 e. The van der Waals surface area contributed by atoms with Crippen LogP contribution in [0.25, 0.3) is 77.2 Å². The maximum Gasteiger partial charge on any atom is 1.00 e. The Morgan fingerprint density at radius 1 is 0.418 bits per heavy atom. The Balaban J connectivity index is 0.00000465. The Kier molecular flexibility index (Phi) is 10.7. The zero-order valence-electron chi connectivity index (χ0n) is 30.5. The van der Waals surface area contributed by atoms with Crippen molar-refractivity contribution >= 4 is 41.7 Å². The van der Waals surface area contributed by atoms with Crippen molar-refractivity contribution < 1.29 is 50.9 Å². The van der Waals surface area contributed by atoms with Gasteiger partial charge in [-0.2, -0.15) is 0 Å². The van der Waals surface area contributed by atoms with E-state index in [9.17, 15) is 21.4 Å². The number of benzene rings is 8. The molecule has 266 valence electrons. The van der Waals surface area contributed by atoms with Crippen molar-refractivity contribution in [3.8, 4) is 55.6 Å². The number of nitrogens with zero attached hydrogens (tertiary/aromatic N) is 1. The molecule has 0 bridgehead atoms. The van der Waals surface area contributed by atoms with E-state index in [-0.39, 0.29) is 51.1 Å². The second kappa shape index (κ2) is 15.3. The minimum absolute atomic E-state index is 0. The first-order valence-corrected chi connectivity index (χ1v) is 20.2. The number of fused-ring (bicyclic) bond motifs is 2. The SMILES string of the molecule is CN(C)S(=O)(=O)c1c(-c2ccc(-c3ccccc3)cc2)cc2ccccc2c1-c1c(S(=O)(=O)[O-])c(-c2ccc(-c3ccccc3)cc2)cc2ccccc12.[Na+]. The van der Waals surface area contributed by atoms with Gasteiger partial charge in [0.15, 0.2) is 0 Å². The van der Waals surface area contributed by atoms with Crippen molar-refractivity contribution in [3.05, 3.63) is 170 Å². The molecule has 0 aliphatic rings. The van der Waals surface area contributed by atoms with Gasteiger partial charge in [-0.15, -0.1) is 0 Å². The van der Waals surface area contributed by atoms with Gasteiger partial charge in [-0.25, -0.2) is 21.1 Å². The zero-order valence-corrected chi connectivity index (χ0v) is 34.1. The fourth-order valence-corrected chi connectivity index (χ4v) is 9.44. The Labute approximate surface area is 343 Å². The molecule has 0 N–H and O–H groups in total. The van der Waals surface area contributed by atoms with Gasteiger partial charge in [-0.1, -0.05) is 158 Å². The van der Waals surface area contributed by atoms with Gasteiger partial charge in [-0.05, 0) is 67.1 Å². The first-order chi connectivity index (χ1) is 26.0. The molecular weight excluding hydrogens is 734 g/mol. The molecule has 0 saturated carbocycles. The van der Waals surface area contributed by atoms with Gasteiger partial charge in [0, 0.05) is 36.3 Å². The van der Waals surface area contributed by atoms with Crippen molar-refractivity contribution in [1.82, 2.24) is 4.31 Å². The van der Waals surface area contributed by atoms with Crippen LogP contribution >= 0.6 is 0 Å². The van der Waals surface area contributed by atoms with Gasteiger partial charge >= 0.3 is 29.6 Å². The third-order valence-corrected chi connectivity index (χ3v) is 12.7. The van der Waals surface area contributed by atoms with Crippen LogP contribution in [0.15, 0.2) is 180 Å². The molecule has 0 heterocycles. The fraction of sp³-hybridized carbons (Fsp3) is 0.0435. The quantitative estimate of drug-likeness (QED) is 0.118. The summed E-state index contributed by atoms with van der Waals surface area (Å²) in [5.41, 5.74) is 5.75. The number of hydrogen-bond donors (Lipinski definition) is 0. The Bertz CT molecular complexity index is 2920. The normalized spacial score (nSPS) is 11.9. The summed E-state index contributed by atoms with van der Waals surface area (Å²) in [6, 6.07) is 52.6. The summed E-state index contributed by atoms with van der Waals surface area (Å²) >= 11 is 0. The standard InChI is InChI=1S/C46H35NO5S2.Na/c1-47(2)53(48,49)45-41(35-25-21-33(22-26-35)31-13-5-3-6-14-31)29-37-17-9-11-19-39(37)43(45)44-40-20-12-10-18-38(40)30-42(46(44)54(50,51)52)36-27-23-34(24-28-36)32-15-7-4-8-16-32;/h3-30H,1-2H3,(H,50,51,52);/q;+1/p-1. The summed E-state index contributed by atoms with van der Waals surface area (Å²) in [6.07, 6.45) is 0. The molecule has 55 heavy (non-hydrogen) atoms. The third kappa shape index (κ3) is 7.19. The van der Waals surface area contributed by atoms with E-state index >= 15 is 0 Å². The molecule has 0 spiro atoms. The summed E-state index contributed by atoms with van der Waals surface area (Å²) in [4.78, 5) is -0.573. The van der Waals surface area contributed by atoms with Gasteiger partial charge < -0.3 is 4.55 Å². The Morgan fingerprint density at radius 3 is 1.15 bits per heavy atom. The summed E-state index contributed by atoms with van der Waals surface area (Å²) in [5, 5.41) is 2.27. The fourth-order valence-electron chi connectivity index (χ4n) is 7.24. The maximum atomic E-state index is 14.8. The maximum absolute atomic E-state index is 14.8. The summed E-state index contributed by atoms with van der Waals surface area (Å²) < 4.78 is 72.1. The van der Waals surface area contributed by atoms with Crippen molar-refractivity contribution in [3.63, 3.8) is 0 Å². The second-order valence-corrected chi connectivity index (χ2v) is 16.7. The molecule has 0 aromatic heterocycles. The molecule has 0 radical (unpaired) electrons. The molecular formula is C46H34NNaO5S2. The second-order valence-electron chi connectivity index (χ2n) is 13.3. The topological polar surface area (TPSA) is 94.6 Å². The Hall–Kier alpha value is -4.90. The molecule has 8 rings (SSSR count). The van der Waals surface area contributed by atoms with Crippen LogP contribution in [-0.2, 0) is 20.1 Å². The molecule has 6 nitrogen and oxygen atoms in total. The predicted molar refractivity (Wildman–Crippen MR) is 217 cm³/mol. The molecule has 0 fully saturated rings. The smallest absolute Gasteiger partial charge is 0.744 e. The largest absolute Gasteiger partial charge is 1.00 e. The van der Waals surface area contributed by atoms with E-state index in [1.807, 2.05) is 127 Å². The average molecular weight is 768 g/mol. The first kappa shape index (κ1) is 38.4. The van der Waals surface area contributed by atoms with Crippen LogP contribution in [-0.4, -0.2) is 39.8 Å². The molecule has 0 atom stereocenters. The summed E-state index contributed by atoms with van der Waals surface area (Å²) in [6.45, 7) is 0. The molecule has 0 unspecified atom stereocenters. The van der Waals surface area contributed by atoms with Crippen LogP contribution in [0, 0.1) is 0 Å². The van der Waals surface area contributed by atoms with Crippen LogP contribution in [0.4, 0.5) is 0 Å². The zero-order chi connectivity index (χ0) is 37.6. The van der Waals surface area contributed by atoms with E-state index in [1.54, 1.807) is 42.5 Å². The van der Waals surface area contributed by atoms with Crippen LogP contribution in [0.5, 0.6) is 0 Å². The summed E-state index contributed by atoms with van der Waals surface area (Å²) in [7, 11) is -6.64. The van der Waals surface area contributed by atoms with Gasteiger partial charge in [0.2, 0.25) is 10.0 Å². The van der Waals surface area contributed by atoms with E-state index in [0.29, 0.717) is 38.2 Å². The van der Waals surface area contributed by atoms with Crippen LogP contribution in [0.1, 0.15) is 0 Å². The van der Waals surface area contributed by atoms with Gasteiger partial charge in [0.1, 0.15) is 10.1 Å². The number of rotatable bonds is 8. The molecule has 9 heteroatoms. The van der Waals surface area contributed by atoms with E-state index in [2.05, 4.69) is 0 Å². The van der Waals surface area contributed by atoms with Crippen LogP contribution in [0.2, 0.25) is 0 Å². The minimum atomic E-state index is -5.24. The van der Waals surface area contributed by atoms with E-state index < -0.39 is 25.0 Å². The van der Waals surface area contributed by atoms with Crippen molar-refractivity contribution in [1.29, 1.82) is 0 Å². The molecule has 0 aliphatic carbocycles. The first-order valence-electron chi connectivity index (χ1n) is 17.3. The molecule has 8 aromatic carbocycles. The van der Waals surface area contributed by atoms with Crippen LogP contribution in [0.3, 0.4) is 0 Å². The summed E-state index contributed by atoms with van der Waals surface area (Å²) in [5.74, 6) is 0. The van der Waals surface area contributed by atoms with Crippen molar-refractivity contribution in [2.24, 2.45) is 0 Å². The van der Waals surface area contributed by atoms with Gasteiger partial charge in [-0.3, -0.25) is 0 Å². The van der Waals surface area contributed by atoms with E-state index in [4.69, 9.17) is 0 Å². The number of hydrogen-bond acceptors (Lipinski definition) is 5. The van der Waals surface area contributed by atoms with Gasteiger partial charge in [0.25, 0.3) is 0 Å². The Morgan fingerprint density at radius 2 is 0.745 bits per heavy atom. The van der Waals surface area contributed by atoms with Crippen LogP contribution < -0.4 is 29.6 Å². The molecule has 0 amide bonds. The predicted octanol–water partition coefficient (Wildman–Crippen LogP) is 7.49. The monoisotopic (exact) mass is 767 g/mol. The third-order valence-electron chi connectivity index (χ3n) is 9.85. The van der Waals surface area contributed by atoms with Gasteiger partial charge in [0.05, 0.1) is 9.79 Å².